The molecule has 1 aromatic carbocycles. The first-order valence-electron chi connectivity index (χ1n) is 8.88. The maximum atomic E-state index is 6.27. The minimum atomic E-state index is 0. The summed E-state index contributed by atoms with van der Waals surface area (Å²) in [6, 6.07) is 5.76. The Kier molecular flexibility index (Phi) is 11.2. The molecular formula is C19H29ClIN5O. The molecular weight excluding hydrogens is 477 g/mol. The third kappa shape index (κ3) is 7.96. The second kappa shape index (κ2) is 12.8. The monoisotopic (exact) mass is 505 g/mol. The van der Waals surface area contributed by atoms with E-state index in [9.17, 15) is 0 Å². The van der Waals surface area contributed by atoms with Crippen LogP contribution in [-0.4, -0.2) is 42.8 Å². The van der Waals surface area contributed by atoms with Gasteiger partial charge in [0, 0.05) is 44.1 Å². The highest BCUT2D eigenvalue weighted by atomic mass is 127. The zero-order valence-electron chi connectivity index (χ0n) is 16.2. The quantitative estimate of drug-likeness (QED) is 0.236. The van der Waals surface area contributed by atoms with Gasteiger partial charge >= 0.3 is 0 Å². The van der Waals surface area contributed by atoms with Crippen molar-refractivity contribution in [1.82, 2.24) is 20.2 Å². The molecule has 0 aliphatic rings. The van der Waals surface area contributed by atoms with Crippen molar-refractivity contribution in [2.24, 2.45) is 4.99 Å². The van der Waals surface area contributed by atoms with E-state index in [1.807, 2.05) is 37.5 Å². The van der Waals surface area contributed by atoms with E-state index in [2.05, 4.69) is 25.2 Å². The predicted molar refractivity (Wildman–Crippen MR) is 123 cm³/mol. The molecule has 2 aromatic rings. The summed E-state index contributed by atoms with van der Waals surface area (Å²) in [7, 11) is 3.42. The van der Waals surface area contributed by atoms with E-state index >= 15 is 0 Å². The summed E-state index contributed by atoms with van der Waals surface area (Å²) in [6.07, 6.45) is 6.86. The zero-order valence-corrected chi connectivity index (χ0v) is 19.3. The number of hydrogen-bond donors (Lipinski definition) is 2. The van der Waals surface area contributed by atoms with Crippen LogP contribution < -0.4 is 15.4 Å². The van der Waals surface area contributed by atoms with Crippen molar-refractivity contribution in [2.45, 2.75) is 32.7 Å². The lowest BCUT2D eigenvalue weighted by Gasteiger charge is -2.13. The van der Waals surface area contributed by atoms with Crippen LogP contribution in [0.4, 0.5) is 0 Å². The van der Waals surface area contributed by atoms with Crippen LogP contribution in [0.25, 0.3) is 0 Å². The maximum Gasteiger partial charge on any atom is 0.190 e. The molecule has 150 valence electrons. The Morgan fingerprint density at radius 3 is 2.67 bits per heavy atom. The Hall–Kier alpha value is -1.48. The smallest absolute Gasteiger partial charge is 0.190 e. The van der Waals surface area contributed by atoms with Gasteiger partial charge in [0.15, 0.2) is 5.96 Å². The number of halogens is 2. The summed E-state index contributed by atoms with van der Waals surface area (Å²) in [6.45, 7) is 4.67. The standard InChI is InChI=1S/C19H28ClN5O.HI/c1-15-22-11-13-25(15)12-5-4-9-23-19(21-2)24-10-8-16-6-7-17(26-3)14-18(16)20;/h6-7,11,13-14H,4-5,8-10,12H2,1-3H3,(H2,21,23,24);1H. The van der Waals surface area contributed by atoms with Gasteiger partial charge in [0.25, 0.3) is 0 Å². The van der Waals surface area contributed by atoms with Gasteiger partial charge in [-0.1, -0.05) is 17.7 Å². The van der Waals surface area contributed by atoms with Crippen molar-refractivity contribution in [3.63, 3.8) is 0 Å². The molecule has 0 aliphatic heterocycles. The van der Waals surface area contributed by atoms with Crippen molar-refractivity contribution in [1.29, 1.82) is 0 Å². The molecule has 27 heavy (non-hydrogen) atoms. The molecule has 0 saturated carbocycles. The molecule has 0 spiro atoms. The lowest BCUT2D eigenvalue weighted by atomic mass is 10.1. The van der Waals surface area contributed by atoms with Crippen molar-refractivity contribution in [3.8, 4) is 5.75 Å². The van der Waals surface area contributed by atoms with Crippen molar-refractivity contribution in [2.75, 3.05) is 27.2 Å². The van der Waals surface area contributed by atoms with Crippen LogP contribution in [0.15, 0.2) is 35.6 Å². The number of ether oxygens (including phenoxy) is 1. The van der Waals surface area contributed by atoms with Gasteiger partial charge in [-0.05, 0) is 43.9 Å². The van der Waals surface area contributed by atoms with Crippen LogP contribution in [0.2, 0.25) is 5.02 Å². The van der Waals surface area contributed by atoms with E-state index in [0.29, 0.717) is 0 Å². The van der Waals surface area contributed by atoms with E-state index in [1.54, 1.807) is 14.2 Å². The summed E-state index contributed by atoms with van der Waals surface area (Å²) in [5.41, 5.74) is 1.09. The highest BCUT2D eigenvalue weighted by Crippen LogP contribution is 2.22. The lowest BCUT2D eigenvalue weighted by molar-refractivity contribution is 0.414. The number of guanidine groups is 1. The molecule has 1 heterocycles. The number of benzene rings is 1. The van der Waals surface area contributed by atoms with Gasteiger partial charge in [0.2, 0.25) is 0 Å². The summed E-state index contributed by atoms with van der Waals surface area (Å²) in [4.78, 5) is 8.49. The second-order valence-corrected chi connectivity index (χ2v) is 6.42. The van der Waals surface area contributed by atoms with Crippen LogP contribution in [0.1, 0.15) is 24.2 Å². The van der Waals surface area contributed by atoms with Gasteiger partial charge in [-0.3, -0.25) is 4.99 Å². The number of imidazole rings is 1. The van der Waals surface area contributed by atoms with E-state index in [0.717, 1.165) is 67.0 Å². The van der Waals surface area contributed by atoms with Gasteiger partial charge in [0.1, 0.15) is 11.6 Å². The van der Waals surface area contributed by atoms with Crippen LogP contribution in [0.3, 0.4) is 0 Å². The first-order chi connectivity index (χ1) is 12.6. The molecule has 2 rings (SSSR count). The van der Waals surface area contributed by atoms with E-state index in [4.69, 9.17) is 16.3 Å². The average molecular weight is 506 g/mol. The number of aromatic nitrogens is 2. The fourth-order valence-electron chi connectivity index (χ4n) is 2.65. The SMILES string of the molecule is CN=C(NCCCCn1ccnc1C)NCCc1ccc(OC)cc1Cl.I. The van der Waals surface area contributed by atoms with E-state index in [-0.39, 0.29) is 24.0 Å². The van der Waals surface area contributed by atoms with Crippen LogP contribution >= 0.6 is 35.6 Å². The molecule has 0 saturated heterocycles. The Labute approximate surface area is 183 Å². The number of aryl methyl sites for hydroxylation is 2. The minimum absolute atomic E-state index is 0. The Bertz CT molecular complexity index is 720. The number of methoxy groups -OCH3 is 1. The first-order valence-corrected chi connectivity index (χ1v) is 9.26. The third-order valence-electron chi connectivity index (χ3n) is 4.21. The molecule has 0 amide bonds. The van der Waals surface area contributed by atoms with Gasteiger partial charge in [-0.2, -0.15) is 0 Å². The first kappa shape index (κ1) is 23.6. The summed E-state index contributed by atoms with van der Waals surface area (Å²) in [5.74, 6) is 2.65. The number of nitrogens with one attached hydrogen (secondary N) is 2. The maximum absolute atomic E-state index is 6.27. The normalized spacial score (nSPS) is 11.0. The molecule has 0 fully saturated rings. The average Bonchev–Trinajstić information content (AvgIpc) is 3.06. The lowest BCUT2D eigenvalue weighted by Crippen LogP contribution is -2.38. The van der Waals surface area contributed by atoms with Gasteiger partial charge < -0.3 is 19.9 Å². The number of rotatable bonds is 9. The summed E-state index contributed by atoms with van der Waals surface area (Å²) < 4.78 is 7.34. The van der Waals surface area contributed by atoms with E-state index in [1.165, 1.54) is 0 Å². The van der Waals surface area contributed by atoms with Gasteiger partial charge in [-0.15, -0.1) is 24.0 Å². The second-order valence-electron chi connectivity index (χ2n) is 6.01. The molecule has 0 atom stereocenters. The molecule has 0 unspecified atom stereocenters. The molecule has 0 bridgehead atoms. The molecule has 6 nitrogen and oxygen atoms in total. The largest absolute Gasteiger partial charge is 0.497 e. The number of unbranched alkanes of at least 4 members (excludes halogenated alkanes) is 1. The van der Waals surface area contributed by atoms with Gasteiger partial charge in [0.05, 0.1) is 7.11 Å². The zero-order chi connectivity index (χ0) is 18.8. The molecule has 0 radical (unpaired) electrons. The highest BCUT2D eigenvalue weighted by Gasteiger charge is 2.03. The van der Waals surface area contributed by atoms with Crippen LogP contribution in [0, 0.1) is 6.92 Å². The Morgan fingerprint density at radius 1 is 1.26 bits per heavy atom. The fourth-order valence-corrected chi connectivity index (χ4v) is 2.91. The van der Waals surface area contributed by atoms with Crippen molar-refractivity contribution in [3.05, 3.63) is 47.0 Å². The van der Waals surface area contributed by atoms with E-state index < -0.39 is 0 Å². The number of hydrogen-bond acceptors (Lipinski definition) is 3. The number of aliphatic imine (C=N–C) groups is 1. The van der Waals surface area contributed by atoms with Gasteiger partial charge in [-0.25, -0.2) is 4.98 Å². The van der Waals surface area contributed by atoms with Crippen molar-refractivity contribution < 1.29 is 4.74 Å². The molecule has 0 aliphatic carbocycles. The van der Waals surface area contributed by atoms with Crippen molar-refractivity contribution >= 4 is 41.5 Å². The molecule has 1 aromatic heterocycles. The highest BCUT2D eigenvalue weighted by molar-refractivity contribution is 14.0. The number of nitrogens with zero attached hydrogens (tertiary/aromatic N) is 3. The fraction of sp³-hybridized carbons (Fsp3) is 0.474. The molecule has 8 heteroatoms. The summed E-state index contributed by atoms with van der Waals surface area (Å²) in [5, 5.41) is 7.39. The predicted octanol–water partition coefficient (Wildman–Crippen LogP) is 3.66. The minimum Gasteiger partial charge on any atom is -0.497 e. The Morgan fingerprint density at radius 2 is 2.04 bits per heavy atom. The van der Waals surface area contributed by atoms with Crippen LogP contribution in [-0.2, 0) is 13.0 Å². The Balaban J connectivity index is 0.00000364. The summed E-state index contributed by atoms with van der Waals surface area (Å²) >= 11 is 6.27. The molecule has 2 N–H and O–H groups in total. The third-order valence-corrected chi connectivity index (χ3v) is 4.56. The topological polar surface area (TPSA) is 63.5 Å². The van der Waals surface area contributed by atoms with Crippen LogP contribution in [0.5, 0.6) is 5.75 Å².